The summed E-state index contributed by atoms with van der Waals surface area (Å²) in [4.78, 5) is 25.4. The summed E-state index contributed by atoms with van der Waals surface area (Å²) >= 11 is 0. The molecule has 3 N–H and O–H groups in total. The van der Waals surface area contributed by atoms with Crippen molar-refractivity contribution < 1.29 is 24.6 Å². The molecule has 0 aromatic rings. The van der Waals surface area contributed by atoms with Gasteiger partial charge in [-0.3, -0.25) is 4.79 Å². The van der Waals surface area contributed by atoms with Gasteiger partial charge in [-0.25, -0.2) is 0 Å². The highest BCUT2D eigenvalue weighted by Gasteiger charge is 2.48. The van der Waals surface area contributed by atoms with Crippen molar-refractivity contribution in [2.24, 2.45) is 11.8 Å². The molecular weight excluding hydrogens is 319 g/mol. The minimum atomic E-state index is -3.14. The highest BCUT2D eigenvalue weighted by atomic mass is 31.2. The van der Waals surface area contributed by atoms with Crippen molar-refractivity contribution in [2.45, 2.75) is 58.4 Å². The van der Waals surface area contributed by atoms with Gasteiger partial charge < -0.3 is 19.8 Å². The van der Waals surface area contributed by atoms with Crippen LogP contribution in [0.5, 0.6) is 0 Å². The van der Waals surface area contributed by atoms with E-state index >= 15 is 0 Å². The van der Waals surface area contributed by atoms with Crippen molar-refractivity contribution in [3.63, 3.8) is 0 Å². The molecule has 0 saturated carbocycles. The molecule has 136 valence electrons. The molecule has 5 unspecified atom stereocenters. The number of ether oxygens (including phenoxy) is 1. The van der Waals surface area contributed by atoms with Crippen LogP contribution in [-0.2, 0) is 9.53 Å². The Morgan fingerprint density at radius 2 is 1.96 bits per heavy atom. The van der Waals surface area contributed by atoms with E-state index in [1.165, 1.54) is 18.4 Å². The second-order valence-electron chi connectivity index (χ2n) is 7.13. The smallest absolute Gasteiger partial charge is 0.326 e. The molecule has 0 aromatic heterocycles. The molecule has 1 heterocycles. The Morgan fingerprint density at radius 3 is 2.39 bits per heavy atom. The van der Waals surface area contributed by atoms with E-state index in [1.807, 2.05) is 27.7 Å². The molecule has 0 aliphatic carbocycles. The quantitative estimate of drug-likeness (QED) is 0.473. The number of aliphatic hydroxyl groups excluding tert-OH is 2. The van der Waals surface area contributed by atoms with Crippen molar-refractivity contribution >= 4 is 13.8 Å². The first-order chi connectivity index (χ1) is 10.5. The van der Waals surface area contributed by atoms with E-state index in [9.17, 15) is 19.9 Å². The van der Waals surface area contributed by atoms with Crippen LogP contribution in [-0.4, -0.2) is 65.5 Å². The first-order valence-electron chi connectivity index (χ1n) is 8.07. The molecule has 5 atom stereocenters. The molecule has 1 saturated heterocycles. The van der Waals surface area contributed by atoms with Crippen LogP contribution >= 0.6 is 7.79 Å². The fourth-order valence-electron chi connectivity index (χ4n) is 2.98. The number of β-amino-alcohol motifs (C(OH)–C–C–N with tert-alkyl or cyclic N) is 1. The molecule has 0 spiro atoms. The standard InChI is InChI=1S/C15H31N2O5P/c1-9(2)7-11(15(20)22-5)17-8-12(18)14(19)13(10(3)4)16-23(17,6)21/h9-14,18-19H,7-8H2,1-6H3,(H,16,21). The molecule has 23 heavy (non-hydrogen) atoms. The van der Waals surface area contributed by atoms with Crippen molar-refractivity contribution in [3.05, 3.63) is 0 Å². The van der Waals surface area contributed by atoms with Crippen molar-refractivity contribution in [1.82, 2.24) is 9.76 Å². The van der Waals surface area contributed by atoms with Gasteiger partial charge >= 0.3 is 5.97 Å². The number of hydrogen-bond acceptors (Lipinski definition) is 7. The van der Waals surface area contributed by atoms with Gasteiger partial charge in [0.15, 0.2) is 0 Å². The lowest BCUT2D eigenvalue weighted by Gasteiger charge is -2.41. The number of carbonyl (C=O) groups is 1. The van der Waals surface area contributed by atoms with Gasteiger partial charge in [0.05, 0.1) is 32.5 Å². The lowest BCUT2D eigenvalue weighted by molar-refractivity contribution is -0.189. The molecule has 8 heteroatoms. The van der Waals surface area contributed by atoms with Gasteiger partial charge in [0.1, 0.15) is 19.9 Å². The fourth-order valence-corrected chi connectivity index (χ4v) is 5.33. The van der Waals surface area contributed by atoms with E-state index in [0.29, 0.717) is 6.42 Å². The van der Waals surface area contributed by atoms with E-state index in [2.05, 4.69) is 5.09 Å². The van der Waals surface area contributed by atoms with Gasteiger partial charge in [0, 0.05) is 0 Å². The van der Waals surface area contributed by atoms with Crippen LogP contribution in [0.4, 0.5) is 0 Å². The Morgan fingerprint density at radius 1 is 1.39 bits per heavy atom. The highest BCUT2D eigenvalue weighted by molar-refractivity contribution is 7.63. The van der Waals surface area contributed by atoms with E-state index in [4.69, 9.17) is 4.74 Å². The Bertz CT molecular complexity index is 405. The Kier molecular flexibility index (Phi) is 7.38. The molecule has 0 bridgehead atoms. The number of hydrogen-bond donors (Lipinski definition) is 3. The molecule has 0 aromatic carbocycles. The first-order valence-corrected chi connectivity index (χ1v) is 10.2. The number of nitrogens with one attached hydrogen (secondary N) is 1. The third-order valence-electron chi connectivity index (χ3n) is 4.26. The van der Waals surface area contributed by atoms with Crippen LogP contribution in [0.15, 0.2) is 0 Å². The molecule has 0 amide bonds. The Hall–Kier alpha value is -0.300. The number of aliphatic hydroxyl groups is 2. The Labute approximate surface area is 139 Å². The molecule has 1 fully saturated rings. The minimum absolute atomic E-state index is 0.0189. The van der Waals surface area contributed by atoms with Crippen LogP contribution < -0.4 is 9.98 Å². The predicted molar refractivity (Wildman–Crippen MR) is 88.6 cm³/mol. The second-order valence-corrected chi connectivity index (χ2v) is 9.66. The zero-order valence-electron chi connectivity index (χ0n) is 14.9. The fraction of sp³-hybridized carbons (Fsp3) is 0.933. The summed E-state index contributed by atoms with van der Waals surface area (Å²) in [5, 5.41) is 23.6. The molecule has 0 radical (unpaired) electrons. The maximum Gasteiger partial charge on any atom is 0.326 e. The summed E-state index contributed by atoms with van der Waals surface area (Å²) in [5.74, 6) is -0.313. The number of esters is 1. The average Bonchev–Trinajstić information content (AvgIpc) is 2.53. The predicted octanol–water partition coefficient (Wildman–Crippen LogP) is -0.0216. The van der Waals surface area contributed by atoms with Crippen LogP contribution in [0.3, 0.4) is 0 Å². The summed E-state index contributed by atoms with van der Waals surface area (Å²) in [7, 11) is -1.85. The van der Waals surface area contributed by atoms with E-state index in [-0.39, 0.29) is 18.4 Å². The number of nitrogens with zero attached hydrogens (tertiary/aromatic N) is 1. The van der Waals surface area contributed by atoms with Gasteiger partial charge in [-0.05, 0) is 18.3 Å². The maximum atomic E-state index is 13.2. The molecular formula is C15H31N2O5P. The summed E-state index contributed by atoms with van der Waals surface area (Å²) in [6.07, 6.45) is -1.68. The van der Waals surface area contributed by atoms with E-state index in [1.54, 1.807) is 0 Å². The molecule has 7 nitrogen and oxygen atoms in total. The summed E-state index contributed by atoms with van der Waals surface area (Å²) < 4.78 is 6.34. The average molecular weight is 350 g/mol. The second kappa shape index (κ2) is 8.19. The van der Waals surface area contributed by atoms with Gasteiger partial charge in [-0.15, -0.1) is 0 Å². The minimum Gasteiger partial charge on any atom is -0.651 e. The topological polar surface area (TPSA) is 105 Å². The summed E-state index contributed by atoms with van der Waals surface area (Å²) in [6.45, 7) is 9.18. The largest absolute Gasteiger partial charge is 0.651 e. The van der Waals surface area contributed by atoms with Gasteiger partial charge in [0.2, 0.25) is 0 Å². The first kappa shape index (κ1) is 20.7. The molecule has 1 rings (SSSR count). The SMILES string of the molecule is COC(=O)C(CC(C)C)N1CC(O)C(O)C(C(C)C)N[P+]1(C)[O-]. The Balaban J connectivity index is 3.18. The van der Waals surface area contributed by atoms with Crippen LogP contribution in [0.2, 0.25) is 0 Å². The third kappa shape index (κ3) is 5.08. The lowest BCUT2D eigenvalue weighted by Crippen LogP contribution is -2.50. The van der Waals surface area contributed by atoms with E-state index < -0.39 is 38.1 Å². The molecule has 1 aliphatic heterocycles. The third-order valence-corrected chi connectivity index (χ3v) is 6.46. The van der Waals surface area contributed by atoms with Gasteiger partial charge in [0.25, 0.3) is 0 Å². The van der Waals surface area contributed by atoms with Crippen molar-refractivity contribution in [2.75, 3.05) is 20.3 Å². The van der Waals surface area contributed by atoms with Crippen LogP contribution in [0.25, 0.3) is 0 Å². The lowest BCUT2D eigenvalue weighted by atomic mass is 9.95. The summed E-state index contributed by atoms with van der Waals surface area (Å²) in [5.41, 5.74) is 0. The van der Waals surface area contributed by atoms with Gasteiger partial charge in [-0.1, -0.05) is 27.7 Å². The highest BCUT2D eigenvalue weighted by Crippen LogP contribution is 2.51. The maximum absolute atomic E-state index is 13.2. The number of methoxy groups -OCH3 is 1. The van der Waals surface area contributed by atoms with E-state index in [0.717, 1.165) is 0 Å². The zero-order chi connectivity index (χ0) is 17.9. The van der Waals surface area contributed by atoms with Crippen molar-refractivity contribution in [1.29, 1.82) is 0 Å². The zero-order valence-corrected chi connectivity index (χ0v) is 15.8. The number of carbonyl (C=O) groups excluding carboxylic acids is 1. The molecule has 1 aliphatic rings. The monoisotopic (exact) mass is 350 g/mol. The summed E-state index contributed by atoms with van der Waals surface area (Å²) in [6, 6.07) is -1.24. The van der Waals surface area contributed by atoms with Crippen LogP contribution in [0.1, 0.15) is 34.1 Å². The van der Waals surface area contributed by atoms with Crippen molar-refractivity contribution in [3.8, 4) is 0 Å². The number of rotatable bonds is 5. The van der Waals surface area contributed by atoms with Crippen LogP contribution in [0, 0.1) is 11.8 Å². The van der Waals surface area contributed by atoms with Gasteiger partial charge in [-0.2, -0.15) is 9.76 Å². The normalized spacial score (nSPS) is 34.5.